The summed E-state index contributed by atoms with van der Waals surface area (Å²) in [4.78, 5) is 12.1. The van der Waals surface area contributed by atoms with Crippen LogP contribution in [0.25, 0.3) is 0 Å². The molecule has 0 radical (unpaired) electrons. The van der Waals surface area contributed by atoms with Crippen LogP contribution in [0.5, 0.6) is 0 Å². The molecule has 0 aromatic heterocycles. The summed E-state index contributed by atoms with van der Waals surface area (Å²) < 4.78 is 51.6. The SMILES string of the molecule is Nc1ccc(C(=O)c2ccc(F)c(C(F)(F)F)c2)cc1Br. The van der Waals surface area contributed by atoms with Crippen LogP contribution in [0, 0.1) is 5.82 Å². The van der Waals surface area contributed by atoms with Gasteiger partial charge >= 0.3 is 6.18 Å². The van der Waals surface area contributed by atoms with Crippen molar-refractivity contribution in [2.24, 2.45) is 0 Å². The van der Waals surface area contributed by atoms with Gasteiger partial charge < -0.3 is 5.73 Å². The molecule has 0 fully saturated rings. The minimum Gasteiger partial charge on any atom is -0.398 e. The normalized spacial score (nSPS) is 11.5. The van der Waals surface area contributed by atoms with Crippen LogP contribution in [0.3, 0.4) is 0 Å². The molecule has 0 atom stereocenters. The second kappa shape index (κ2) is 5.48. The molecular formula is C14H8BrF4NO. The van der Waals surface area contributed by atoms with Crippen molar-refractivity contribution in [3.8, 4) is 0 Å². The fourth-order valence-electron chi connectivity index (χ4n) is 1.72. The van der Waals surface area contributed by atoms with E-state index in [-0.39, 0.29) is 11.1 Å². The molecule has 7 heteroatoms. The van der Waals surface area contributed by atoms with Crippen molar-refractivity contribution < 1.29 is 22.4 Å². The van der Waals surface area contributed by atoms with Crippen molar-refractivity contribution in [1.82, 2.24) is 0 Å². The van der Waals surface area contributed by atoms with Gasteiger partial charge in [0.2, 0.25) is 0 Å². The van der Waals surface area contributed by atoms with Gasteiger partial charge in [0.1, 0.15) is 5.82 Å². The van der Waals surface area contributed by atoms with Crippen molar-refractivity contribution >= 4 is 27.4 Å². The Bertz CT molecular complexity index is 713. The van der Waals surface area contributed by atoms with Crippen molar-refractivity contribution in [2.45, 2.75) is 6.18 Å². The molecule has 0 spiro atoms. The number of hydrogen-bond acceptors (Lipinski definition) is 2. The van der Waals surface area contributed by atoms with Crippen LogP contribution in [-0.2, 0) is 6.18 Å². The van der Waals surface area contributed by atoms with Crippen LogP contribution in [0.4, 0.5) is 23.2 Å². The molecule has 0 unspecified atom stereocenters. The Hall–Kier alpha value is -1.89. The van der Waals surface area contributed by atoms with E-state index in [4.69, 9.17) is 5.73 Å². The number of alkyl halides is 3. The summed E-state index contributed by atoms with van der Waals surface area (Å²) in [6, 6.07) is 6.38. The zero-order valence-electron chi connectivity index (χ0n) is 10.3. The van der Waals surface area contributed by atoms with Gasteiger partial charge in [0.25, 0.3) is 0 Å². The minimum absolute atomic E-state index is 0.149. The molecule has 2 N–H and O–H groups in total. The lowest BCUT2D eigenvalue weighted by molar-refractivity contribution is -0.140. The van der Waals surface area contributed by atoms with Crippen LogP contribution in [0.15, 0.2) is 40.9 Å². The first kappa shape index (κ1) is 15.5. The summed E-state index contributed by atoms with van der Waals surface area (Å²) in [6.07, 6.45) is -4.86. The number of nitrogens with two attached hydrogens (primary N) is 1. The summed E-state index contributed by atoms with van der Waals surface area (Å²) >= 11 is 3.13. The van der Waals surface area contributed by atoms with Crippen LogP contribution in [-0.4, -0.2) is 5.78 Å². The Morgan fingerprint density at radius 3 is 2.19 bits per heavy atom. The van der Waals surface area contributed by atoms with E-state index in [2.05, 4.69) is 15.9 Å². The highest BCUT2D eigenvalue weighted by molar-refractivity contribution is 9.10. The maximum atomic E-state index is 13.2. The molecule has 2 rings (SSSR count). The van der Waals surface area contributed by atoms with Gasteiger partial charge in [-0.25, -0.2) is 4.39 Å². The third kappa shape index (κ3) is 3.24. The summed E-state index contributed by atoms with van der Waals surface area (Å²) in [5, 5.41) is 0. The molecule has 21 heavy (non-hydrogen) atoms. The molecule has 0 saturated carbocycles. The van der Waals surface area contributed by atoms with Gasteiger partial charge in [-0.15, -0.1) is 0 Å². The molecular weight excluding hydrogens is 354 g/mol. The van der Waals surface area contributed by atoms with Crippen molar-refractivity contribution in [3.63, 3.8) is 0 Å². The van der Waals surface area contributed by atoms with Crippen LogP contribution >= 0.6 is 15.9 Å². The topological polar surface area (TPSA) is 43.1 Å². The molecule has 110 valence electrons. The number of benzene rings is 2. The lowest BCUT2D eigenvalue weighted by Gasteiger charge is -2.10. The lowest BCUT2D eigenvalue weighted by Crippen LogP contribution is -2.11. The van der Waals surface area contributed by atoms with Gasteiger partial charge in [-0.2, -0.15) is 13.2 Å². The Labute approximate surface area is 125 Å². The molecule has 0 aliphatic carbocycles. The maximum absolute atomic E-state index is 13.2. The van der Waals surface area contributed by atoms with E-state index in [0.717, 1.165) is 6.07 Å². The zero-order valence-corrected chi connectivity index (χ0v) is 11.9. The van der Waals surface area contributed by atoms with E-state index in [0.29, 0.717) is 22.3 Å². The molecule has 2 aromatic carbocycles. The number of rotatable bonds is 2. The predicted octanol–water partition coefficient (Wildman–Crippen LogP) is 4.42. The molecule has 0 bridgehead atoms. The number of halogens is 5. The van der Waals surface area contributed by atoms with Gasteiger partial charge in [0.05, 0.1) is 5.56 Å². The van der Waals surface area contributed by atoms with E-state index in [1.165, 1.54) is 18.2 Å². The fraction of sp³-hybridized carbons (Fsp3) is 0.0714. The van der Waals surface area contributed by atoms with Gasteiger partial charge in [-0.3, -0.25) is 4.79 Å². The number of carbonyl (C=O) groups is 1. The van der Waals surface area contributed by atoms with Gasteiger partial charge in [-0.05, 0) is 52.3 Å². The summed E-state index contributed by atoms with van der Waals surface area (Å²) in [5.74, 6) is -2.07. The minimum atomic E-state index is -4.86. The van der Waals surface area contributed by atoms with E-state index in [9.17, 15) is 22.4 Å². The highest BCUT2D eigenvalue weighted by Crippen LogP contribution is 2.32. The summed E-state index contributed by atoms with van der Waals surface area (Å²) in [5.41, 5.74) is 4.39. The summed E-state index contributed by atoms with van der Waals surface area (Å²) in [7, 11) is 0. The lowest BCUT2D eigenvalue weighted by atomic mass is 10.0. The third-order valence-corrected chi connectivity index (χ3v) is 3.48. The fourth-order valence-corrected chi connectivity index (χ4v) is 2.10. The average Bonchev–Trinajstić information content (AvgIpc) is 2.40. The van der Waals surface area contributed by atoms with E-state index >= 15 is 0 Å². The molecule has 2 aromatic rings. The standard InChI is InChI=1S/C14H8BrF4NO/c15-10-6-8(2-4-12(10)20)13(21)7-1-3-11(16)9(5-7)14(17,18)19/h1-6H,20H2. The van der Waals surface area contributed by atoms with Gasteiger partial charge in [0, 0.05) is 21.3 Å². The highest BCUT2D eigenvalue weighted by atomic mass is 79.9. The number of anilines is 1. The second-order valence-corrected chi connectivity index (χ2v) is 5.11. The average molecular weight is 362 g/mol. The number of carbonyl (C=O) groups excluding carboxylic acids is 1. The van der Waals surface area contributed by atoms with Crippen LogP contribution in [0.2, 0.25) is 0 Å². The largest absolute Gasteiger partial charge is 0.419 e. The molecule has 0 heterocycles. The summed E-state index contributed by atoms with van der Waals surface area (Å²) in [6.45, 7) is 0. The first-order chi connectivity index (χ1) is 9.70. The highest BCUT2D eigenvalue weighted by Gasteiger charge is 2.34. The Balaban J connectivity index is 2.46. The first-order valence-electron chi connectivity index (χ1n) is 5.66. The van der Waals surface area contributed by atoms with Crippen LogP contribution in [0.1, 0.15) is 21.5 Å². The Morgan fingerprint density at radius 2 is 1.62 bits per heavy atom. The molecule has 0 aliphatic heterocycles. The smallest absolute Gasteiger partial charge is 0.398 e. The molecule has 0 saturated heterocycles. The molecule has 0 aliphatic rings. The number of ketones is 1. The monoisotopic (exact) mass is 361 g/mol. The third-order valence-electron chi connectivity index (χ3n) is 2.80. The zero-order chi connectivity index (χ0) is 15.8. The van der Waals surface area contributed by atoms with E-state index in [1.54, 1.807) is 0 Å². The van der Waals surface area contributed by atoms with Crippen molar-refractivity contribution in [3.05, 3.63) is 63.4 Å². The first-order valence-corrected chi connectivity index (χ1v) is 6.46. The number of nitrogen functional groups attached to an aromatic ring is 1. The Morgan fingerprint density at radius 1 is 1.05 bits per heavy atom. The predicted molar refractivity (Wildman–Crippen MR) is 73.4 cm³/mol. The van der Waals surface area contributed by atoms with E-state index in [1.807, 2.05) is 0 Å². The number of hydrogen-bond donors (Lipinski definition) is 1. The van der Waals surface area contributed by atoms with Crippen molar-refractivity contribution in [1.29, 1.82) is 0 Å². The maximum Gasteiger partial charge on any atom is 0.419 e. The van der Waals surface area contributed by atoms with Crippen LogP contribution < -0.4 is 5.73 Å². The molecule has 0 amide bonds. The second-order valence-electron chi connectivity index (χ2n) is 4.26. The quantitative estimate of drug-likeness (QED) is 0.488. The molecule has 2 nitrogen and oxygen atoms in total. The van der Waals surface area contributed by atoms with Crippen molar-refractivity contribution in [2.75, 3.05) is 5.73 Å². The van der Waals surface area contributed by atoms with E-state index < -0.39 is 23.3 Å². The van der Waals surface area contributed by atoms with Gasteiger partial charge in [-0.1, -0.05) is 0 Å². The van der Waals surface area contributed by atoms with Gasteiger partial charge in [0.15, 0.2) is 5.78 Å². The Kier molecular flexibility index (Phi) is 4.04.